The van der Waals surface area contributed by atoms with E-state index < -0.39 is 5.41 Å². The Balaban J connectivity index is 1.24. The van der Waals surface area contributed by atoms with E-state index in [-0.39, 0.29) is 34.6 Å². The van der Waals surface area contributed by atoms with Crippen molar-refractivity contribution in [1.29, 1.82) is 0 Å². The van der Waals surface area contributed by atoms with Crippen molar-refractivity contribution in [3.63, 3.8) is 0 Å². The number of H-pyrrole nitrogens is 1. The number of Topliss-reactive ketones (excluding diaryl/α,β-unsaturated/α-hetero) is 1. The van der Waals surface area contributed by atoms with Crippen LogP contribution >= 0.6 is 11.6 Å². The highest BCUT2D eigenvalue weighted by atomic mass is 35.5. The molecule has 200 valence electrons. The van der Waals surface area contributed by atoms with Crippen molar-refractivity contribution in [2.45, 2.75) is 81.8 Å². The number of likely N-dealkylation sites (N-methyl/N-ethyl adjacent to an activating group) is 1. The van der Waals surface area contributed by atoms with Gasteiger partial charge in [-0.2, -0.15) is 4.98 Å². The number of ketones is 1. The summed E-state index contributed by atoms with van der Waals surface area (Å²) in [4.78, 5) is 43.5. The number of carbonyl (C=O) groups is 1. The summed E-state index contributed by atoms with van der Waals surface area (Å²) in [5.41, 5.74) is 1.27. The van der Waals surface area contributed by atoms with Crippen LogP contribution < -0.4 is 10.3 Å². The second kappa shape index (κ2) is 9.89. The van der Waals surface area contributed by atoms with Gasteiger partial charge < -0.3 is 14.2 Å². The highest BCUT2D eigenvalue weighted by molar-refractivity contribution is 6.29. The van der Waals surface area contributed by atoms with Gasteiger partial charge in [0.2, 0.25) is 5.88 Å². The Morgan fingerprint density at radius 3 is 2.87 bits per heavy atom. The predicted molar refractivity (Wildman–Crippen MR) is 139 cm³/mol. The Hall–Kier alpha value is -3.11. The average Bonchev–Trinajstić information content (AvgIpc) is 3.50. The lowest BCUT2D eigenvalue weighted by atomic mass is 9.64. The zero-order valence-electron chi connectivity index (χ0n) is 21.6. The van der Waals surface area contributed by atoms with Crippen LogP contribution in [0.1, 0.15) is 74.8 Å². The fourth-order valence-electron chi connectivity index (χ4n) is 6.63. The van der Waals surface area contributed by atoms with Gasteiger partial charge in [0, 0.05) is 48.9 Å². The average molecular weight is 539 g/mol. The quantitative estimate of drug-likeness (QED) is 0.482. The van der Waals surface area contributed by atoms with E-state index in [9.17, 15) is 9.59 Å². The lowest BCUT2D eigenvalue weighted by Crippen LogP contribution is -2.41. The maximum absolute atomic E-state index is 13.0. The molecular weight excluding hydrogens is 508 g/mol. The largest absolute Gasteiger partial charge is 0.473 e. The summed E-state index contributed by atoms with van der Waals surface area (Å²) in [6, 6.07) is 1.64. The van der Waals surface area contributed by atoms with Crippen molar-refractivity contribution >= 4 is 17.4 Å². The minimum Gasteiger partial charge on any atom is -0.473 e. The second-order valence-electron chi connectivity index (χ2n) is 10.8. The molecule has 1 saturated heterocycles. The molecule has 11 heteroatoms. The molecule has 38 heavy (non-hydrogen) atoms. The third kappa shape index (κ3) is 4.33. The molecule has 3 aromatic rings. The van der Waals surface area contributed by atoms with Crippen molar-refractivity contribution in [3.8, 4) is 17.4 Å². The Morgan fingerprint density at radius 1 is 1.21 bits per heavy atom. The first-order chi connectivity index (χ1) is 18.4. The number of aromatic nitrogens is 5. The number of aromatic amines is 1. The first kappa shape index (κ1) is 25.2. The summed E-state index contributed by atoms with van der Waals surface area (Å²) in [6.07, 6.45) is 9.44. The van der Waals surface area contributed by atoms with Gasteiger partial charge in [0.15, 0.2) is 17.3 Å². The molecule has 1 saturated carbocycles. The van der Waals surface area contributed by atoms with Crippen LogP contribution in [-0.2, 0) is 16.6 Å². The molecule has 2 fully saturated rings. The van der Waals surface area contributed by atoms with Crippen molar-refractivity contribution in [1.82, 2.24) is 30.0 Å². The summed E-state index contributed by atoms with van der Waals surface area (Å²) < 4.78 is 12.1. The molecule has 1 spiro atoms. The minimum absolute atomic E-state index is 0.0158. The molecule has 3 aliphatic rings. The van der Waals surface area contributed by atoms with E-state index in [2.05, 4.69) is 30.0 Å². The van der Waals surface area contributed by atoms with Crippen LogP contribution in [-0.4, -0.2) is 61.5 Å². The highest BCUT2D eigenvalue weighted by Gasteiger charge is 2.48. The van der Waals surface area contributed by atoms with Crippen LogP contribution in [0.15, 0.2) is 27.8 Å². The molecular formula is C27H31ClN6O4. The molecule has 0 amide bonds. The zero-order valence-corrected chi connectivity index (χ0v) is 22.3. The fraction of sp³-hybridized carbons (Fsp3) is 0.556. The summed E-state index contributed by atoms with van der Waals surface area (Å²) in [7, 11) is 2.02. The monoisotopic (exact) mass is 538 g/mol. The highest BCUT2D eigenvalue weighted by Crippen LogP contribution is 2.47. The molecule has 4 atom stereocenters. The number of halogens is 1. The summed E-state index contributed by atoms with van der Waals surface area (Å²) in [6.45, 7) is 2.69. The molecule has 1 N–H and O–H groups in total. The third-order valence-electron chi connectivity index (χ3n) is 8.50. The summed E-state index contributed by atoms with van der Waals surface area (Å²) >= 11 is 6.41. The maximum atomic E-state index is 13.0. The number of carbonyl (C=O) groups excluding carboxylic acids is 1. The smallest absolute Gasteiger partial charge is 0.269 e. The molecule has 1 aliphatic heterocycles. The number of ether oxygens (including phenoxy) is 1. The zero-order chi connectivity index (χ0) is 26.4. The molecule has 4 heterocycles. The standard InChI is InChI=1S/C27H31ClN6O4/c1-15(18-12-16(14-34(18)2)22-26(36)30-11-10-29-22)37-21-13-20(28)31-25(32-21)23-17-6-5-9-27(24(17)38-33-23)8-4-3-7-19(27)35/h10-11,13,15-16,18H,3-9,12,14H2,1-2H3,(H,30,36)/t15-,16?,18-,27+/m0/s1. The van der Waals surface area contributed by atoms with E-state index in [1.54, 1.807) is 18.5 Å². The van der Waals surface area contributed by atoms with E-state index >= 15 is 0 Å². The Bertz CT molecular complexity index is 1420. The van der Waals surface area contributed by atoms with Gasteiger partial charge in [0.05, 0.1) is 5.41 Å². The second-order valence-corrected chi connectivity index (χ2v) is 11.2. The van der Waals surface area contributed by atoms with Crippen LogP contribution in [0.2, 0.25) is 5.15 Å². The number of fused-ring (bicyclic) bond motifs is 2. The van der Waals surface area contributed by atoms with Crippen molar-refractivity contribution in [2.75, 3.05) is 13.6 Å². The third-order valence-corrected chi connectivity index (χ3v) is 8.69. The van der Waals surface area contributed by atoms with Gasteiger partial charge in [-0.05, 0) is 52.5 Å². The Kier molecular flexibility index (Phi) is 6.55. The minimum atomic E-state index is -0.567. The van der Waals surface area contributed by atoms with E-state index in [4.69, 9.17) is 20.9 Å². The van der Waals surface area contributed by atoms with E-state index in [0.717, 1.165) is 50.5 Å². The van der Waals surface area contributed by atoms with Gasteiger partial charge in [-0.25, -0.2) is 4.98 Å². The topological polar surface area (TPSA) is 127 Å². The Labute approximate surface area is 225 Å². The summed E-state index contributed by atoms with van der Waals surface area (Å²) in [5, 5.41) is 4.58. The van der Waals surface area contributed by atoms with Crippen molar-refractivity contribution in [3.05, 3.63) is 51.0 Å². The van der Waals surface area contributed by atoms with Gasteiger partial charge in [-0.3, -0.25) is 19.5 Å². The first-order valence-electron chi connectivity index (χ1n) is 13.3. The Morgan fingerprint density at radius 2 is 2.05 bits per heavy atom. The van der Waals surface area contributed by atoms with Crippen molar-refractivity contribution in [2.24, 2.45) is 0 Å². The summed E-state index contributed by atoms with van der Waals surface area (Å²) in [5.74, 6) is 1.63. The number of nitrogens with one attached hydrogen (secondary N) is 1. The van der Waals surface area contributed by atoms with Gasteiger partial charge in [0.25, 0.3) is 5.56 Å². The van der Waals surface area contributed by atoms with Crippen LogP contribution in [0.5, 0.6) is 5.88 Å². The van der Waals surface area contributed by atoms with Gasteiger partial charge in [0.1, 0.15) is 22.7 Å². The molecule has 3 aromatic heterocycles. The fourth-order valence-corrected chi connectivity index (χ4v) is 6.81. The number of hydrogen-bond donors (Lipinski definition) is 1. The first-order valence-corrected chi connectivity index (χ1v) is 13.7. The van der Waals surface area contributed by atoms with Gasteiger partial charge in [-0.1, -0.05) is 23.2 Å². The predicted octanol–water partition coefficient (Wildman–Crippen LogP) is 3.84. The molecule has 6 rings (SSSR count). The van der Waals surface area contributed by atoms with E-state index in [0.29, 0.717) is 41.8 Å². The van der Waals surface area contributed by atoms with Crippen LogP contribution in [0.4, 0.5) is 0 Å². The van der Waals surface area contributed by atoms with Crippen LogP contribution in [0, 0.1) is 0 Å². The van der Waals surface area contributed by atoms with Gasteiger partial charge in [-0.15, -0.1) is 0 Å². The number of likely N-dealkylation sites (tertiary alicyclic amines) is 1. The lowest BCUT2D eigenvalue weighted by Gasteiger charge is -2.36. The molecule has 0 radical (unpaired) electrons. The van der Waals surface area contributed by atoms with Crippen molar-refractivity contribution < 1.29 is 14.1 Å². The number of rotatable bonds is 5. The molecule has 0 bridgehead atoms. The van der Waals surface area contributed by atoms with Crippen LogP contribution in [0.25, 0.3) is 11.5 Å². The molecule has 0 aromatic carbocycles. The number of nitrogens with zero attached hydrogens (tertiary/aromatic N) is 5. The van der Waals surface area contributed by atoms with E-state index in [1.165, 1.54) is 0 Å². The SMILES string of the molecule is C[C@H](Oc1cc(Cl)nc(-c2noc3c2CCC[C@@]32CCCCC2=O)n1)[C@@H]1CC(c2ncc[nH]c2=O)CN1C. The lowest BCUT2D eigenvalue weighted by molar-refractivity contribution is -0.128. The van der Waals surface area contributed by atoms with Crippen LogP contribution in [0.3, 0.4) is 0 Å². The van der Waals surface area contributed by atoms with E-state index in [1.807, 2.05) is 14.0 Å². The molecule has 1 unspecified atom stereocenters. The number of hydrogen-bond acceptors (Lipinski definition) is 9. The maximum Gasteiger partial charge on any atom is 0.269 e. The van der Waals surface area contributed by atoms with Gasteiger partial charge >= 0.3 is 0 Å². The molecule has 2 aliphatic carbocycles. The molecule has 10 nitrogen and oxygen atoms in total. The normalized spacial score (nSPS) is 26.4.